The van der Waals surface area contributed by atoms with E-state index in [9.17, 15) is 4.79 Å². The van der Waals surface area contributed by atoms with Gasteiger partial charge in [-0.05, 0) is 97.9 Å². The normalized spacial score (nSPS) is 43.5. The second-order valence-electron chi connectivity index (χ2n) is 12.5. The van der Waals surface area contributed by atoms with E-state index < -0.39 is 0 Å². The average molecular weight is 433 g/mol. The molecule has 1 heterocycles. The number of fused-ring (bicyclic) bond motifs is 6. The molecule has 1 aromatic heterocycles. The fraction of sp³-hybridized carbons (Fsp3) is 0.724. The first kappa shape index (κ1) is 20.9. The molecule has 3 nitrogen and oxygen atoms in total. The number of Topliss-reactive ketones (excluding diaryl/α,β-unsaturated/α-hetero) is 1. The summed E-state index contributed by atoms with van der Waals surface area (Å²) >= 11 is 0. The van der Waals surface area contributed by atoms with E-state index in [1.807, 2.05) is 23.0 Å². The molecule has 4 aliphatic carbocycles. The summed E-state index contributed by atoms with van der Waals surface area (Å²) in [6.45, 7) is 8.05. The molecule has 0 amide bonds. The number of rotatable bonds is 3. The maximum absolute atomic E-state index is 13.6. The van der Waals surface area contributed by atoms with Crippen molar-refractivity contribution in [1.82, 2.24) is 9.78 Å². The molecule has 0 aliphatic heterocycles. The highest BCUT2D eigenvalue weighted by Gasteiger charge is 2.60. The van der Waals surface area contributed by atoms with E-state index in [4.69, 9.17) is 0 Å². The van der Waals surface area contributed by atoms with Crippen LogP contribution in [-0.2, 0) is 11.3 Å². The third kappa shape index (κ3) is 2.98. The van der Waals surface area contributed by atoms with Gasteiger partial charge in [0.25, 0.3) is 0 Å². The van der Waals surface area contributed by atoms with Crippen LogP contribution in [0.3, 0.4) is 0 Å². The Balaban J connectivity index is 1.22. The SMILES string of the molecule is CC1CCC2(C)C(CCC3C2CCC2(C)C(C(=O)Cn4ncc5ccccc54)CCC32)C1. The molecule has 6 rings (SSSR count). The highest BCUT2D eigenvalue weighted by molar-refractivity contribution is 5.85. The van der Waals surface area contributed by atoms with Crippen LogP contribution in [0.25, 0.3) is 10.9 Å². The molecule has 2 aromatic rings. The molecule has 1 aromatic carbocycles. The van der Waals surface area contributed by atoms with Crippen LogP contribution in [0.4, 0.5) is 0 Å². The Hall–Kier alpha value is -1.64. The zero-order valence-corrected chi connectivity index (χ0v) is 20.2. The molecule has 0 saturated heterocycles. The average Bonchev–Trinajstić information content (AvgIpc) is 3.35. The highest BCUT2D eigenvalue weighted by Crippen LogP contribution is 2.67. The third-order valence-corrected chi connectivity index (χ3v) is 11.2. The lowest BCUT2D eigenvalue weighted by atomic mass is 9.44. The predicted molar refractivity (Wildman–Crippen MR) is 129 cm³/mol. The molecule has 8 unspecified atom stereocenters. The Labute approximate surface area is 193 Å². The molecular formula is C29H40N2O. The molecule has 32 heavy (non-hydrogen) atoms. The molecule has 0 spiro atoms. The van der Waals surface area contributed by atoms with Crippen LogP contribution in [0, 0.1) is 46.3 Å². The summed E-state index contributed by atoms with van der Waals surface area (Å²) in [5.74, 6) is 5.01. The van der Waals surface area contributed by atoms with E-state index >= 15 is 0 Å². The summed E-state index contributed by atoms with van der Waals surface area (Å²) in [4.78, 5) is 13.6. The van der Waals surface area contributed by atoms with E-state index in [1.54, 1.807) is 0 Å². The van der Waals surface area contributed by atoms with Crippen LogP contribution < -0.4 is 0 Å². The van der Waals surface area contributed by atoms with Gasteiger partial charge in [-0.15, -0.1) is 0 Å². The number of hydrogen-bond donors (Lipinski definition) is 0. The number of hydrogen-bond acceptors (Lipinski definition) is 2. The first-order valence-electron chi connectivity index (χ1n) is 13.3. The molecule has 8 atom stereocenters. The van der Waals surface area contributed by atoms with Gasteiger partial charge in [0.05, 0.1) is 11.7 Å². The van der Waals surface area contributed by atoms with Crippen molar-refractivity contribution in [1.29, 1.82) is 0 Å². The molecule has 0 N–H and O–H groups in total. The molecule has 4 aliphatic rings. The van der Waals surface area contributed by atoms with Crippen LogP contribution in [0.15, 0.2) is 30.5 Å². The van der Waals surface area contributed by atoms with Gasteiger partial charge in [0.15, 0.2) is 5.78 Å². The topological polar surface area (TPSA) is 34.9 Å². The molecular weight excluding hydrogens is 392 g/mol. The zero-order valence-electron chi connectivity index (χ0n) is 20.2. The van der Waals surface area contributed by atoms with Gasteiger partial charge in [0.2, 0.25) is 0 Å². The zero-order chi connectivity index (χ0) is 22.1. The van der Waals surface area contributed by atoms with Crippen molar-refractivity contribution in [2.45, 2.75) is 85.1 Å². The van der Waals surface area contributed by atoms with Crippen LogP contribution in [0.1, 0.15) is 78.6 Å². The van der Waals surface area contributed by atoms with Crippen molar-refractivity contribution < 1.29 is 4.79 Å². The third-order valence-electron chi connectivity index (χ3n) is 11.2. The quantitative estimate of drug-likeness (QED) is 0.529. The van der Waals surface area contributed by atoms with Crippen LogP contribution in [0.5, 0.6) is 0 Å². The fourth-order valence-electron chi connectivity index (χ4n) is 9.41. The summed E-state index contributed by atoms with van der Waals surface area (Å²) in [7, 11) is 0. The van der Waals surface area contributed by atoms with Gasteiger partial charge in [-0.3, -0.25) is 9.48 Å². The summed E-state index contributed by atoms with van der Waals surface area (Å²) in [6, 6.07) is 8.26. The molecule has 3 heteroatoms. The van der Waals surface area contributed by atoms with Crippen LogP contribution >= 0.6 is 0 Å². The van der Waals surface area contributed by atoms with Gasteiger partial charge in [-0.1, -0.05) is 45.4 Å². The van der Waals surface area contributed by atoms with Crippen molar-refractivity contribution in [3.8, 4) is 0 Å². The summed E-state index contributed by atoms with van der Waals surface area (Å²) in [5.41, 5.74) is 1.85. The van der Waals surface area contributed by atoms with Crippen molar-refractivity contribution in [2.24, 2.45) is 46.3 Å². The molecule has 0 bridgehead atoms. The van der Waals surface area contributed by atoms with E-state index in [1.165, 1.54) is 51.4 Å². The van der Waals surface area contributed by atoms with E-state index in [-0.39, 0.29) is 11.3 Å². The highest BCUT2D eigenvalue weighted by atomic mass is 16.1. The monoisotopic (exact) mass is 432 g/mol. The van der Waals surface area contributed by atoms with Crippen molar-refractivity contribution >= 4 is 16.7 Å². The standard InChI is InChI=1S/C29H40N2O/c1-19-12-14-28(2)21(16-19)8-9-22-23-10-11-25(29(23,3)15-13-24(22)28)27(32)18-31-26-7-5-4-6-20(26)17-30-31/h4-7,17,19,21-25H,8-16,18H2,1-3H3. The number of carbonyl (C=O) groups is 1. The molecule has 0 radical (unpaired) electrons. The smallest absolute Gasteiger partial charge is 0.157 e. The number of para-hydroxylation sites is 1. The fourth-order valence-corrected chi connectivity index (χ4v) is 9.41. The second-order valence-corrected chi connectivity index (χ2v) is 12.5. The first-order chi connectivity index (χ1) is 15.4. The van der Waals surface area contributed by atoms with Gasteiger partial charge >= 0.3 is 0 Å². The van der Waals surface area contributed by atoms with E-state index in [2.05, 4.69) is 38.0 Å². The van der Waals surface area contributed by atoms with Gasteiger partial charge < -0.3 is 0 Å². The van der Waals surface area contributed by atoms with Gasteiger partial charge in [-0.2, -0.15) is 5.10 Å². The van der Waals surface area contributed by atoms with E-state index in [0.717, 1.165) is 46.9 Å². The van der Waals surface area contributed by atoms with Crippen LogP contribution in [0.2, 0.25) is 0 Å². The Morgan fingerprint density at radius 1 is 1.00 bits per heavy atom. The maximum atomic E-state index is 13.6. The number of benzene rings is 1. The Kier molecular flexibility index (Phi) is 4.86. The summed E-state index contributed by atoms with van der Waals surface area (Å²) < 4.78 is 1.94. The first-order valence-corrected chi connectivity index (χ1v) is 13.3. The van der Waals surface area contributed by atoms with Crippen molar-refractivity contribution in [3.05, 3.63) is 30.5 Å². The number of aromatic nitrogens is 2. The lowest BCUT2D eigenvalue weighted by Crippen LogP contribution is -2.53. The minimum absolute atomic E-state index is 0.201. The van der Waals surface area contributed by atoms with Crippen molar-refractivity contribution in [3.63, 3.8) is 0 Å². The maximum Gasteiger partial charge on any atom is 0.157 e. The second kappa shape index (κ2) is 7.43. The summed E-state index contributed by atoms with van der Waals surface area (Å²) in [5, 5.41) is 5.68. The Morgan fingerprint density at radius 3 is 2.66 bits per heavy atom. The van der Waals surface area contributed by atoms with Crippen LogP contribution in [-0.4, -0.2) is 15.6 Å². The number of nitrogens with zero attached hydrogens (tertiary/aromatic N) is 2. The minimum atomic E-state index is 0.201. The molecule has 172 valence electrons. The predicted octanol–water partition coefficient (Wildman–Crippen LogP) is 6.90. The van der Waals surface area contributed by atoms with E-state index in [0.29, 0.717) is 17.7 Å². The largest absolute Gasteiger partial charge is 0.297 e. The Morgan fingerprint density at radius 2 is 1.78 bits per heavy atom. The van der Waals surface area contributed by atoms with Crippen molar-refractivity contribution in [2.75, 3.05) is 0 Å². The molecule has 4 fully saturated rings. The number of ketones is 1. The lowest BCUT2D eigenvalue weighted by Gasteiger charge is -2.61. The van der Waals surface area contributed by atoms with Gasteiger partial charge in [-0.25, -0.2) is 0 Å². The Bertz CT molecular complexity index is 1030. The minimum Gasteiger partial charge on any atom is -0.297 e. The molecule has 4 saturated carbocycles. The van der Waals surface area contributed by atoms with Gasteiger partial charge in [0.1, 0.15) is 6.54 Å². The van der Waals surface area contributed by atoms with Gasteiger partial charge in [0, 0.05) is 11.3 Å². The lowest BCUT2D eigenvalue weighted by molar-refractivity contribution is -0.137. The summed E-state index contributed by atoms with van der Waals surface area (Å²) in [6.07, 6.45) is 14.1. The number of carbonyl (C=O) groups excluding carboxylic acids is 1.